The lowest BCUT2D eigenvalue weighted by Crippen LogP contribution is -2.29. The summed E-state index contributed by atoms with van der Waals surface area (Å²) in [6.45, 7) is 4.10. The zero-order chi connectivity index (χ0) is 23.8. The van der Waals surface area contributed by atoms with Gasteiger partial charge in [-0.2, -0.15) is 0 Å². The predicted molar refractivity (Wildman–Crippen MR) is 128 cm³/mol. The number of ketones is 1. The van der Waals surface area contributed by atoms with E-state index >= 15 is 0 Å². The number of hydrogen-bond acceptors (Lipinski definition) is 6. The van der Waals surface area contributed by atoms with E-state index in [0.29, 0.717) is 29.2 Å². The van der Waals surface area contributed by atoms with E-state index in [1.165, 1.54) is 4.90 Å². The highest BCUT2D eigenvalue weighted by molar-refractivity contribution is 6.51. The van der Waals surface area contributed by atoms with E-state index in [9.17, 15) is 14.7 Å². The summed E-state index contributed by atoms with van der Waals surface area (Å²) in [6.07, 6.45) is 0. The molecular weight excluding hydrogens is 432 g/mol. The van der Waals surface area contributed by atoms with Crippen LogP contribution in [0.4, 0.5) is 5.82 Å². The molecule has 1 amide bonds. The lowest BCUT2D eigenvalue weighted by Gasteiger charge is -2.23. The van der Waals surface area contributed by atoms with Crippen molar-refractivity contribution in [3.05, 3.63) is 95.3 Å². The van der Waals surface area contributed by atoms with E-state index in [-0.39, 0.29) is 17.2 Å². The number of anilines is 1. The number of Topliss-reactive ketones (excluding diaryl/α,β-unsaturated/α-hetero) is 1. The first kappa shape index (κ1) is 21.5. The number of aromatic nitrogens is 1. The largest absolute Gasteiger partial charge is 0.507 e. The van der Waals surface area contributed by atoms with Gasteiger partial charge in [-0.1, -0.05) is 53.7 Å². The highest BCUT2D eigenvalue weighted by Gasteiger charge is 2.48. The minimum Gasteiger partial charge on any atom is -0.507 e. The second-order valence-corrected chi connectivity index (χ2v) is 8.03. The van der Waals surface area contributed by atoms with Gasteiger partial charge in [0, 0.05) is 11.6 Å². The minimum atomic E-state index is -0.883. The van der Waals surface area contributed by atoms with Gasteiger partial charge < -0.3 is 14.4 Å². The number of benzene rings is 3. The maximum atomic E-state index is 13.2. The third-order valence-electron chi connectivity index (χ3n) is 5.84. The maximum absolute atomic E-state index is 13.2. The Bertz CT molecular complexity index is 1430. The smallest absolute Gasteiger partial charge is 0.301 e. The van der Waals surface area contributed by atoms with Gasteiger partial charge in [0.25, 0.3) is 5.78 Å². The lowest BCUT2D eigenvalue weighted by atomic mass is 9.94. The molecule has 0 radical (unpaired) electrons. The molecule has 4 aromatic rings. The van der Waals surface area contributed by atoms with Crippen molar-refractivity contribution in [1.82, 2.24) is 5.16 Å². The second kappa shape index (κ2) is 8.51. The van der Waals surface area contributed by atoms with Gasteiger partial charge in [0.15, 0.2) is 5.82 Å². The van der Waals surface area contributed by atoms with Crippen molar-refractivity contribution >= 4 is 34.0 Å². The molecule has 1 fully saturated rings. The molecule has 5 rings (SSSR count). The summed E-state index contributed by atoms with van der Waals surface area (Å²) < 4.78 is 10.7. The van der Waals surface area contributed by atoms with Crippen LogP contribution in [0.15, 0.2) is 82.9 Å². The Labute approximate surface area is 195 Å². The summed E-state index contributed by atoms with van der Waals surface area (Å²) in [6, 6.07) is 20.9. The Morgan fingerprint density at radius 3 is 2.44 bits per heavy atom. The molecule has 1 atom stereocenters. The molecule has 0 aliphatic carbocycles. The summed E-state index contributed by atoms with van der Waals surface area (Å²) >= 11 is 0. The highest BCUT2D eigenvalue weighted by atomic mass is 16.5. The number of amides is 1. The molecule has 1 aliphatic rings. The van der Waals surface area contributed by atoms with Gasteiger partial charge >= 0.3 is 5.91 Å². The lowest BCUT2D eigenvalue weighted by molar-refractivity contribution is -0.132. The van der Waals surface area contributed by atoms with E-state index in [1.54, 1.807) is 49.4 Å². The van der Waals surface area contributed by atoms with Crippen LogP contribution in [0.3, 0.4) is 0 Å². The molecule has 1 aliphatic heterocycles. The summed E-state index contributed by atoms with van der Waals surface area (Å²) in [7, 11) is 0. The van der Waals surface area contributed by atoms with Gasteiger partial charge in [0.05, 0.1) is 18.2 Å². The number of aliphatic hydroxyl groups excluding tert-OH is 1. The van der Waals surface area contributed by atoms with Crippen molar-refractivity contribution in [2.75, 3.05) is 11.5 Å². The molecule has 7 nitrogen and oxygen atoms in total. The third-order valence-corrected chi connectivity index (χ3v) is 5.84. The Morgan fingerprint density at radius 1 is 1.03 bits per heavy atom. The van der Waals surface area contributed by atoms with Gasteiger partial charge in [0.2, 0.25) is 0 Å². The van der Waals surface area contributed by atoms with Crippen LogP contribution in [0.5, 0.6) is 5.75 Å². The van der Waals surface area contributed by atoms with Crippen molar-refractivity contribution in [2.24, 2.45) is 0 Å². The summed E-state index contributed by atoms with van der Waals surface area (Å²) in [5.41, 5.74) is 1.07. The van der Waals surface area contributed by atoms with Crippen LogP contribution in [0.2, 0.25) is 0 Å². The van der Waals surface area contributed by atoms with Crippen molar-refractivity contribution in [3.63, 3.8) is 0 Å². The first-order valence-corrected chi connectivity index (χ1v) is 10.9. The Balaban J connectivity index is 1.69. The number of carbonyl (C=O) groups is 2. The molecular formula is C27H22N2O5. The Morgan fingerprint density at radius 2 is 1.76 bits per heavy atom. The average molecular weight is 454 g/mol. The summed E-state index contributed by atoms with van der Waals surface area (Å²) in [5, 5.41) is 17.2. The number of fused-ring (bicyclic) bond motifs is 1. The van der Waals surface area contributed by atoms with Crippen LogP contribution in [-0.2, 0) is 9.59 Å². The van der Waals surface area contributed by atoms with Crippen molar-refractivity contribution in [3.8, 4) is 5.75 Å². The van der Waals surface area contributed by atoms with Crippen LogP contribution < -0.4 is 9.64 Å². The van der Waals surface area contributed by atoms with E-state index in [4.69, 9.17) is 9.26 Å². The number of rotatable bonds is 5. The van der Waals surface area contributed by atoms with Gasteiger partial charge in [-0.3, -0.25) is 14.5 Å². The molecule has 0 spiro atoms. The summed E-state index contributed by atoms with van der Waals surface area (Å²) in [5.74, 6) is -0.451. The van der Waals surface area contributed by atoms with Crippen molar-refractivity contribution < 1.29 is 24.0 Å². The van der Waals surface area contributed by atoms with Gasteiger partial charge in [0.1, 0.15) is 17.3 Å². The Kier molecular flexibility index (Phi) is 5.37. The zero-order valence-electron chi connectivity index (χ0n) is 18.7. The molecule has 1 saturated heterocycles. The molecule has 0 saturated carbocycles. The molecule has 1 N–H and O–H groups in total. The molecule has 1 aromatic heterocycles. The fraction of sp³-hybridized carbons (Fsp3) is 0.148. The fourth-order valence-electron chi connectivity index (χ4n) is 4.26. The van der Waals surface area contributed by atoms with Gasteiger partial charge in [-0.25, -0.2) is 0 Å². The number of aliphatic hydroxyl groups is 1. The number of nitrogens with zero attached hydrogens (tertiary/aromatic N) is 2. The predicted octanol–water partition coefficient (Wildman–Crippen LogP) is 5.16. The van der Waals surface area contributed by atoms with Gasteiger partial charge in [-0.05, 0) is 48.4 Å². The molecule has 7 heteroatoms. The monoisotopic (exact) mass is 454 g/mol. The van der Waals surface area contributed by atoms with Crippen LogP contribution in [0, 0.1) is 6.92 Å². The van der Waals surface area contributed by atoms with E-state index < -0.39 is 17.7 Å². The number of ether oxygens (including phenoxy) is 1. The normalized spacial score (nSPS) is 17.5. The SMILES string of the molecule is CCOc1ccc([C@H]2C(=C(O)c3ccc4ccccc4c3)C(=O)C(=O)N2c2cc(C)on2)cc1. The number of aryl methyl sites for hydroxylation is 1. The molecule has 34 heavy (non-hydrogen) atoms. The fourth-order valence-corrected chi connectivity index (χ4v) is 4.26. The quantitative estimate of drug-likeness (QED) is 0.254. The molecule has 0 unspecified atom stereocenters. The first-order valence-electron chi connectivity index (χ1n) is 10.9. The molecule has 0 bridgehead atoms. The van der Waals surface area contributed by atoms with Crippen molar-refractivity contribution in [2.45, 2.75) is 19.9 Å². The average Bonchev–Trinajstić information content (AvgIpc) is 3.39. The molecule has 2 heterocycles. The topological polar surface area (TPSA) is 92.9 Å². The zero-order valence-corrected chi connectivity index (χ0v) is 18.7. The van der Waals surface area contributed by atoms with Gasteiger partial charge in [-0.15, -0.1) is 0 Å². The van der Waals surface area contributed by atoms with E-state index in [0.717, 1.165) is 10.8 Å². The third kappa shape index (κ3) is 3.61. The standard InChI is InChI=1S/C27H22N2O5/c1-3-33-21-12-10-18(11-13-21)24-23(26(31)27(32)29(24)22-14-16(2)34-28-22)25(30)20-9-8-17-6-4-5-7-19(17)15-20/h4-15,24,30H,3H2,1-2H3/t24-/m0/s1. The number of carbonyl (C=O) groups excluding carboxylic acids is 2. The van der Waals surface area contributed by atoms with Crippen LogP contribution in [0.25, 0.3) is 16.5 Å². The Hall–Kier alpha value is -4.39. The first-order chi connectivity index (χ1) is 16.5. The van der Waals surface area contributed by atoms with E-state index in [2.05, 4.69) is 5.16 Å². The highest BCUT2D eigenvalue weighted by Crippen LogP contribution is 2.42. The van der Waals surface area contributed by atoms with Crippen LogP contribution in [0.1, 0.15) is 29.9 Å². The van der Waals surface area contributed by atoms with Crippen LogP contribution >= 0.6 is 0 Å². The number of hydrogen-bond donors (Lipinski definition) is 1. The molecule has 170 valence electrons. The summed E-state index contributed by atoms with van der Waals surface area (Å²) in [4.78, 5) is 27.7. The van der Waals surface area contributed by atoms with E-state index in [1.807, 2.05) is 37.3 Å². The second-order valence-electron chi connectivity index (χ2n) is 8.03. The maximum Gasteiger partial charge on any atom is 0.301 e. The van der Waals surface area contributed by atoms with Crippen molar-refractivity contribution in [1.29, 1.82) is 0 Å². The minimum absolute atomic E-state index is 0.00917. The van der Waals surface area contributed by atoms with Crippen LogP contribution in [-0.4, -0.2) is 28.6 Å². The molecule has 3 aromatic carbocycles.